The van der Waals surface area contributed by atoms with Crippen LogP contribution >= 0.6 is 11.6 Å². The van der Waals surface area contributed by atoms with Gasteiger partial charge in [-0.15, -0.1) is 0 Å². The average Bonchev–Trinajstić information content (AvgIpc) is 2.61. The lowest BCUT2D eigenvalue weighted by Gasteiger charge is -2.18. The van der Waals surface area contributed by atoms with E-state index in [0.29, 0.717) is 5.02 Å². The molecule has 0 heterocycles. The van der Waals surface area contributed by atoms with Gasteiger partial charge in [-0.3, -0.25) is 4.79 Å². The summed E-state index contributed by atoms with van der Waals surface area (Å²) in [6.45, 7) is 5.54. The van der Waals surface area contributed by atoms with Gasteiger partial charge in [-0.1, -0.05) is 43.6 Å². The zero-order valence-corrected chi connectivity index (χ0v) is 16.6. The van der Waals surface area contributed by atoms with E-state index < -0.39 is 22.0 Å². The molecule has 0 bridgehead atoms. The highest BCUT2D eigenvalue weighted by Gasteiger charge is 2.23. The summed E-state index contributed by atoms with van der Waals surface area (Å²) >= 11 is 5.79. The Balaban J connectivity index is 2.17. The molecule has 1 amide bonds. The van der Waals surface area contributed by atoms with E-state index in [1.807, 2.05) is 32.0 Å². The van der Waals surface area contributed by atoms with Crippen LogP contribution in [-0.2, 0) is 27.7 Å². The molecule has 2 N–H and O–H groups in total. The quantitative estimate of drug-likeness (QED) is 0.750. The first kappa shape index (κ1) is 20.4. The second-order valence-electron chi connectivity index (χ2n) is 5.94. The molecule has 0 aliphatic carbocycles. The van der Waals surface area contributed by atoms with Gasteiger partial charge < -0.3 is 5.32 Å². The highest BCUT2D eigenvalue weighted by molar-refractivity contribution is 7.89. The van der Waals surface area contributed by atoms with Crippen molar-refractivity contribution in [1.29, 1.82) is 0 Å². The third kappa shape index (κ3) is 4.84. The van der Waals surface area contributed by atoms with Gasteiger partial charge in [0, 0.05) is 10.7 Å². The minimum absolute atomic E-state index is 0.0600. The van der Waals surface area contributed by atoms with Crippen LogP contribution in [0.25, 0.3) is 0 Å². The van der Waals surface area contributed by atoms with Gasteiger partial charge in [-0.25, -0.2) is 8.42 Å². The molecule has 0 aliphatic heterocycles. The van der Waals surface area contributed by atoms with Crippen molar-refractivity contribution in [2.24, 2.45) is 0 Å². The lowest BCUT2D eigenvalue weighted by atomic mass is 10.0. The number of nitrogens with one attached hydrogen (secondary N) is 2. The highest BCUT2D eigenvalue weighted by atomic mass is 35.5. The topological polar surface area (TPSA) is 75.3 Å². The third-order valence-corrected chi connectivity index (χ3v) is 5.90. The number of amides is 1. The van der Waals surface area contributed by atoms with E-state index in [0.717, 1.165) is 29.7 Å². The number of carbonyl (C=O) groups is 1. The first-order valence-electron chi connectivity index (χ1n) is 8.48. The highest BCUT2D eigenvalue weighted by Crippen LogP contribution is 2.23. The summed E-state index contributed by atoms with van der Waals surface area (Å²) in [4.78, 5) is 12.6. The van der Waals surface area contributed by atoms with Gasteiger partial charge in [0.1, 0.15) is 0 Å². The Morgan fingerprint density at radius 2 is 1.58 bits per heavy atom. The Bertz CT molecular complexity index is 858. The van der Waals surface area contributed by atoms with Gasteiger partial charge in [0.25, 0.3) is 0 Å². The maximum atomic E-state index is 12.6. The van der Waals surface area contributed by atoms with E-state index in [1.54, 1.807) is 0 Å². The molecular formula is C19H23ClN2O3S. The van der Waals surface area contributed by atoms with Crippen LogP contribution < -0.4 is 10.0 Å². The predicted octanol–water partition coefficient (Wildman–Crippen LogP) is 3.77. The van der Waals surface area contributed by atoms with Crippen LogP contribution in [0, 0.1) is 0 Å². The van der Waals surface area contributed by atoms with Crippen LogP contribution in [0.5, 0.6) is 0 Å². The van der Waals surface area contributed by atoms with Crippen molar-refractivity contribution in [3.63, 3.8) is 0 Å². The third-order valence-electron chi connectivity index (χ3n) is 4.10. The number of sulfonamides is 1. The van der Waals surface area contributed by atoms with Crippen molar-refractivity contribution >= 4 is 33.2 Å². The van der Waals surface area contributed by atoms with Crippen LogP contribution in [0.15, 0.2) is 47.4 Å². The number of carbonyl (C=O) groups excluding carboxylic acids is 1. The van der Waals surface area contributed by atoms with Gasteiger partial charge in [0.15, 0.2) is 0 Å². The van der Waals surface area contributed by atoms with Gasteiger partial charge >= 0.3 is 0 Å². The van der Waals surface area contributed by atoms with Gasteiger partial charge in [0.05, 0.1) is 10.9 Å². The minimum atomic E-state index is -3.81. The number of para-hydroxylation sites is 1. The smallest absolute Gasteiger partial charge is 0.242 e. The lowest BCUT2D eigenvalue weighted by Crippen LogP contribution is -2.41. The number of anilines is 1. The molecule has 0 saturated carbocycles. The largest absolute Gasteiger partial charge is 0.324 e. The summed E-state index contributed by atoms with van der Waals surface area (Å²) in [5, 5.41) is 3.32. The van der Waals surface area contributed by atoms with Gasteiger partial charge in [-0.2, -0.15) is 4.72 Å². The summed E-state index contributed by atoms with van der Waals surface area (Å²) in [7, 11) is -3.81. The Hall–Kier alpha value is -1.89. The summed E-state index contributed by atoms with van der Waals surface area (Å²) in [5.41, 5.74) is 2.80. The van der Waals surface area contributed by atoms with Crippen LogP contribution in [0.4, 0.5) is 5.69 Å². The fourth-order valence-corrected chi connectivity index (χ4v) is 3.93. The average molecular weight is 395 g/mol. The molecule has 0 aromatic heterocycles. The molecule has 7 heteroatoms. The summed E-state index contributed by atoms with van der Waals surface area (Å²) in [6.07, 6.45) is 1.54. The van der Waals surface area contributed by atoms with Crippen molar-refractivity contribution in [1.82, 2.24) is 4.72 Å². The molecule has 2 aromatic carbocycles. The number of aryl methyl sites for hydroxylation is 2. The molecule has 140 valence electrons. The molecule has 0 radical (unpaired) electrons. The zero-order valence-electron chi connectivity index (χ0n) is 15.0. The Kier molecular flexibility index (Phi) is 6.81. The van der Waals surface area contributed by atoms with E-state index in [4.69, 9.17) is 11.6 Å². The molecular weight excluding hydrogens is 372 g/mol. The molecule has 1 atom stereocenters. The first-order valence-corrected chi connectivity index (χ1v) is 10.3. The maximum absolute atomic E-state index is 12.6. The van der Waals surface area contributed by atoms with Gasteiger partial charge in [0.2, 0.25) is 15.9 Å². The van der Waals surface area contributed by atoms with Crippen LogP contribution in [0.1, 0.15) is 31.9 Å². The molecule has 2 aromatic rings. The molecule has 26 heavy (non-hydrogen) atoms. The van der Waals surface area contributed by atoms with Crippen LogP contribution in [0.2, 0.25) is 5.02 Å². The van der Waals surface area contributed by atoms with E-state index in [-0.39, 0.29) is 4.90 Å². The summed E-state index contributed by atoms with van der Waals surface area (Å²) < 4.78 is 27.2. The maximum Gasteiger partial charge on any atom is 0.242 e. The molecule has 0 spiro atoms. The fourth-order valence-electron chi connectivity index (χ4n) is 2.60. The molecule has 5 nitrogen and oxygen atoms in total. The molecule has 0 saturated heterocycles. The predicted molar refractivity (Wildman–Crippen MR) is 105 cm³/mol. The van der Waals surface area contributed by atoms with Crippen molar-refractivity contribution in [2.75, 3.05) is 5.32 Å². The Labute approximate surface area is 159 Å². The van der Waals surface area contributed by atoms with E-state index in [2.05, 4.69) is 10.0 Å². The SMILES string of the molecule is CCc1cccc(CC)c1NC(=O)[C@@H](C)NS(=O)(=O)c1ccc(Cl)cc1. The monoisotopic (exact) mass is 394 g/mol. The molecule has 0 aliphatic rings. The van der Waals surface area contributed by atoms with E-state index in [9.17, 15) is 13.2 Å². The number of hydrogen-bond acceptors (Lipinski definition) is 3. The summed E-state index contributed by atoms with van der Waals surface area (Å²) in [6, 6.07) is 10.7. The van der Waals surface area contributed by atoms with Crippen molar-refractivity contribution in [3.05, 3.63) is 58.6 Å². The van der Waals surface area contributed by atoms with Gasteiger partial charge in [-0.05, 0) is 55.2 Å². The Morgan fingerprint density at radius 1 is 1.04 bits per heavy atom. The first-order chi connectivity index (χ1) is 12.3. The minimum Gasteiger partial charge on any atom is -0.324 e. The van der Waals surface area contributed by atoms with Crippen molar-refractivity contribution < 1.29 is 13.2 Å². The lowest BCUT2D eigenvalue weighted by molar-refractivity contribution is -0.117. The number of rotatable bonds is 7. The number of halogens is 1. The Morgan fingerprint density at radius 3 is 2.08 bits per heavy atom. The summed E-state index contributed by atoms with van der Waals surface area (Å²) in [5.74, 6) is -0.405. The molecule has 0 unspecified atom stereocenters. The van der Waals surface area contributed by atoms with Crippen LogP contribution in [0.3, 0.4) is 0 Å². The zero-order chi connectivity index (χ0) is 19.3. The van der Waals surface area contributed by atoms with Crippen molar-refractivity contribution in [3.8, 4) is 0 Å². The normalized spacial score (nSPS) is 12.6. The van der Waals surface area contributed by atoms with Crippen LogP contribution in [-0.4, -0.2) is 20.4 Å². The molecule has 0 fully saturated rings. The second kappa shape index (κ2) is 8.66. The standard InChI is InChI=1S/C19H23ClN2O3S/c1-4-14-7-6-8-15(5-2)18(14)21-19(23)13(3)22-26(24,25)17-11-9-16(20)10-12-17/h6-13,22H,4-5H2,1-3H3,(H,21,23)/t13-/m1/s1. The number of benzene rings is 2. The van der Waals surface area contributed by atoms with E-state index in [1.165, 1.54) is 31.2 Å². The fraction of sp³-hybridized carbons (Fsp3) is 0.316. The second-order valence-corrected chi connectivity index (χ2v) is 8.09. The van der Waals surface area contributed by atoms with Crippen molar-refractivity contribution in [2.45, 2.75) is 44.6 Å². The van der Waals surface area contributed by atoms with E-state index >= 15 is 0 Å². The molecule has 2 rings (SSSR count). The number of hydrogen-bond donors (Lipinski definition) is 2.